The second-order valence-electron chi connectivity index (χ2n) is 7.18. The van der Waals surface area contributed by atoms with E-state index in [1.807, 2.05) is 71.0 Å². The van der Waals surface area contributed by atoms with Crippen molar-refractivity contribution >= 4 is 16.5 Å². The second-order valence-corrected chi connectivity index (χ2v) is 7.18. The highest BCUT2D eigenvalue weighted by Gasteiger charge is 2.24. The van der Waals surface area contributed by atoms with Gasteiger partial charge in [-0.25, -0.2) is 0 Å². The molecule has 0 fully saturated rings. The van der Waals surface area contributed by atoms with Crippen molar-refractivity contribution in [2.75, 3.05) is 7.11 Å². The number of fused-ring (bicyclic) bond motifs is 1. The van der Waals surface area contributed by atoms with Gasteiger partial charge in [-0.3, -0.25) is 0 Å². The Morgan fingerprint density at radius 2 is 1.71 bits per heavy atom. The molecule has 0 aromatic heterocycles. The van der Waals surface area contributed by atoms with Crippen molar-refractivity contribution in [2.24, 2.45) is 5.92 Å². The summed E-state index contributed by atoms with van der Waals surface area (Å²) in [6.07, 6.45) is 0. The van der Waals surface area contributed by atoms with E-state index in [2.05, 4.69) is 11.8 Å². The number of hydroxylamine groups is 1. The van der Waals surface area contributed by atoms with Gasteiger partial charge in [0.25, 0.3) is 0 Å². The fourth-order valence-electron chi connectivity index (χ4n) is 2.36. The summed E-state index contributed by atoms with van der Waals surface area (Å²) in [5, 5.41) is 14.7. The molecule has 0 atom stereocenters. The SMILES string of the molecule is COc1ccc2cc(C#C/C(C(C)C)=[N+](/[O-])C(C)(C)C)ccc2c1. The maximum absolute atomic E-state index is 12.5. The molecular formula is C21H25NO2. The van der Waals surface area contributed by atoms with Crippen LogP contribution in [0, 0.1) is 23.0 Å². The minimum Gasteiger partial charge on any atom is -0.623 e. The van der Waals surface area contributed by atoms with Gasteiger partial charge in [0.2, 0.25) is 5.71 Å². The lowest BCUT2D eigenvalue weighted by Gasteiger charge is -2.21. The van der Waals surface area contributed by atoms with E-state index in [9.17, 15) is 5.21 Å². The summed E-state index contributed by atoms with van der Waals surface area (Å²) in [6.45, 7) is 9.68. The molecule has 0 aliphatic heterocycles. The molecule has 24 heavy (non-hydrogen) atoms. The fourth-order valence-corrected chi connectivity index (χ4v) is 2.36. The Hall–Kier alpha value is -2.47. The first kappa shape index (κ1) is 17.9. The van der Waals surface area contributed by atoms with Crippen molar-refractivity contribution in [3.63, 3.8) is 0 Å². The van der Waals surface area contributed by atoms with Crippen LogP contribution in [0.3, 0.4) is 0 Å². The number of hydrogen-bond donors (Lipinski definition) is 0. The van der Waals surface area contributed by atoms with Gasteiger partial charge in [0.1, 0.15) is 5.75 Å². The Balaban J connectivity index is 2.44. The lowest BCUT2D eigenvalue weighted by molar-refractivity contribution is -0.536. The molecule has 0 spiro atoms. The Labute approximate surface area is 144 Å². The van der Waals surface area contributed by atoms with Crippen molar-refractivity contribution < 1.29 is 9.48 Å². The molecule has 0 aliphatic carbocycles. The summed E-state index contributed by atoms with van der Waals surface area (Å²) < 4.78 is 6.27. The van der Waals surface area contributed by atoms with Crippen molar-refractivity contribution in [2.45, 2.75) is 40.2 Å². The van der Waals surface area contributed by atoms with Crippen LogP contribution in [0.2, 0.25) is 0 Å². The molecule has 0 bridgehead atoms. The molecular weight excluding hydrogens is 298 g/mol. The summed E-state index contributed by atoms with van der Waals surface area (Å²) in [5.74, 6) is 7.14. The third-order valence-corrected chi connectivity index (χ3v) is 3.76. The van der Waals surface area contributed by atoms with E-state index in [1.165, 1.54) is 0 Å². The molecule has 0 saturated carbocycles. The molecule has 0 heterocycles. The van der Waals surface area contributed by atoms with Crippen LogP contribution < -0.4 is 4.74 Å². The van der Waals surface area contributed by atoms with Crippen LogP contribution in [0.25, 0.3) is 10.8 Å². The van der Waals surface area contributed by atoms with E-state index < -0.39 is 5.54 Å². The Morgan fingerprint density at radius 1 is 1.08 bits per heavy atom. The average molecular weight is 323 g/mol. The predicted octanol–water partition coefficient (Wildman–Crippen LogP) is 4.61. The van der Waals surface area contributed by atoms with E-state index in [4.69, 9.17) is 4.74 Å². The summed E-state index contributed by atoms with van der Waals surface area (Å²) in [4.78, 5) is 0. The third-order valence-electron chi connectivity index (χ3n) is 3.76. The van der Waals surface area contributed by atoms with Gasteiger partial charge >= 0.3 is 0 Å². The molecule has 0 radical (unpaired) electrons. The van der Waals surface area contributed by atoms with Crippen LogP contribution in [-0.2, 0) is 0 Å². The highest BCUT2D eigenvalue weighted by Crippen LogP contribution is 2.21. The molecule has 0 saturated heterocycles. The summed E-state index contributed by atoms with van der Waals surface area (Å²) >= 11 is 0. The van der Waals surface area contributed by atoms with Crippen molar-refractivity contribution in [3.05, 3.63) is 47.2 Å². The Morgan fingerprint density at radius 3 is 2.29 bits per heavy atom. The van der Waals surface area contributed by atoms with Gasteiger partial charge in [0.15, 0.2) is 5.54 Å². The first-order valence-corrected chi connectivity index (χ1v) is 8.16. The minimum atomic E-state index is -0.492. The molecule has 0 aliphatic rings. The molecule has 0 amide bonds. The van der Waals surface area contributed by atoms with E-state index in [-0.39, 0.29) is 5.92 Å². The van der Waals surface area contributed by atoms with E-state index in [0.29, 0.717) is 5.71 Å². The number of methoxy groups -OCH3 is 1. The molecule has 126 valence electrons. The fraction of sp³-hybridized carbons (Fsp3) is 0.381. The zero-order valence-corrected chi connectivity index (χ0v) is 15.3. The number of rotatable bonds is 2. The quantitative estimate of drug-likeness (QED) is 0.266. The number of nitrogens with zero attached hydrogens (tertiary/aromatic N) is 1. The van der Waals surface area contributed by atoms with Gasteiger partial charge in [-0.15, -0.1) is 0 Å². The summed E-state index contributed by atoms with van der Waals surface area (Å²) in [5.41, 5.74) is 1.01. The minimum absolute atomic E-state index is 0.0824. The van der Waals surface area contributed by atoms with Gasteiger partial charge in [-0.05, 0) is 35.0 Å². The molecule has 2 aromatic rings. The van der Waals surface area contributed by atoms with Crippen LogP contribution in [0.5, 0.6) is 5.75 Å². The molecule has 3 heteroatoms. The first-order chi connectivity index (χ1) is 11.2. The van der Waals surface area contributed by atoms with Gasteiger partial charge < -0.3 is 9.94 Å². The summed E-state index contributed by atoms with van der Waals surface area (Å²) in [6, 6.07) is 12.0. The third kappa shape index (κ3) is 4.08. The van der Waals surface area contributed by atoms with E-state index in [1.54, 1.807) is 7.11 Å². The monoisotopic (exact) mass is 323 g/mol. The van der Waals surface area contributed by atoms with Crippen molar-refractivity contribution in [1.29, 1.82) is 0 Å². The molecule has 2 rings (SSSR count). The Bertz CT molecular complexity index is 830. The maximum atomic E-state index is 12.5. The number of benzene rings is 2. The van der Waals surface area contributed by atoms with E-state index in [0.717, 1.165) is 26.8 Å². The van der Waals surface area contributed by atoms with Gasteiger partial charge in [-0.1, -0.05) is 31.9 Å². The lowest BCUT2D eigenvalue weighted by atomic mass is 10.0. The second kappa shape index (κ2) is 6.97. The smallest absolute Gasteiger partial charge is 0.241 e. The number of ether oxygens (including phenoxy) is 1. The van der Waals surface area contributed by atoms with Crippen LogP contribution in [0.15, 0.2) is 36.4 Å². The standard InChI is InChI=1S/C21H25NO2/c1-15(2)20(22(23)21(3,4)5)12-8-16-7-9-18-14-19(24-6)11-10-17(18)13-16/h7,9-11,13-15H,1-6H3/b22-20-. The maximum Gasteiger partial charge on any atom is 0.241 e. The van der Waals surface area contributed by atoms with E-state index >= 15 is 0 Å². The largest absolute Gasteiger partial charge is 0.623 e. The van der Waals surface area contributed by atoms with Gasteiger partial charge in [0, 0.05) is 38.2 Å². The average Bonchev–Trinajstić information content (AvgIpc) is 2.53. The predicted molar refractivity (Wildman–Crippen MR) is 101 cm³/mol. The topological polar surface area (TPSA) is 35.3 Å². The molecule has 0 unspecified atom stereocenters. The zero-order valence-electron chi connectivity index (χ0n) is 15.3. The van der Waals surface area contributed by atoms with Crippen LogP contribution in [0.1, 0.15) is 40.2 Å². The molecule has 0 N–H and O–H groups in total. The first-order valence-electron chi connectivity index (χ1n) is 8.16. The van der Waals surface area contributed by atoms with Gasteiger partial charge in [-0.2, -0.15) is 4.74 Å². The zero-order chi connectivity index (χ0) is 17.9. The van der Waals surface area contributed by atoms with Crippen LogP contribution in [-0.4, -0.2) is 23.1 Å². The highest BCUT2D eigenvalue weighted by molar-refractivity contribution is 5.98. The number of hydrogen-bond acceptors (Lipinski definition) is 2. The normalized spacial score (nSPS) is 12.6. The van der Waals surface area contributed by atoms with Gasteiger partial charge in [0.05, 0.1) is 7.11 Å². The highest BCUT2D eigenvalue weighted by atomic mass is 16.5. The van der Waals surface area contributed by atoms with Crippen LogP contribution >= 0.6 is 0 Å². The molecule has 2 aromatic carbocycles. The summed E-state index contributed by atoms with van der Waals surface area (Å²) in [7, 11) is 1.66. The van der Waals surface area contributed by atoms with Crippen molar-refractivity contribution in [1.82, 2.24) is 0 Å². The molecule has 3 nitrogen and oxygen atoms in total. The van der Waals surface area contributed by atoms with Crippen LogP contribution in [0.4, 0.5) is 0 Å². The lowest BCUT2D eigenvalue weighted by Crippen LogP contribution is -2.35. The Kier molecular flexibility index (Phi) is 5.19. The van der Waals surface area contributed by atoms with Crippen molar-refractivity contribution in [3.8, 4) is 17.6 Å².